The summed E-state index contributed by atoms with van der Waals surface area (Å²) >= 11 is 0. The molecule has 3 N–H and O–H groups in total. The van der Waals surface area contributed by atoms with Crippen LogP contribution in [0.2, 0.25) is 0 Å². The molecule has 1 heterocycles. The largest absolute Gasteiger partial charge is 0.491 e. The molecule has 0 aliphatic carbocycles. The minimum absolute atomic E-state index is 0.0113. The van der Waals surface area contributed by atoms with E-state index in [4.69, 9.17) is 10.5 Å². The lowest BCUT2D eigenvalue weighted by atomic mass is 9.96. The molecular weight excluding hydrogens is 299 g/mol. The van der Waals surface area contributed by atoms with E-state index in [1.807, 2.05) is 13.0 Å². The highest BCUT2D eigenvalue weighted by atomic mass is 19.1. The van der Waals surface area contributed by atoms with Gasteiger partial charge < -0.3 is 15.5 Å². The van der Waals surface area contributed by atoms with Gasteiger partial charge in [0.05, 0.1) is 6.61 Å². The number of pyridine rings is 1. The molecule has 0 atom stereocenters. The molecule has 0 radical (unpaired) electrons. The molecular formula is C16H13FN4O2. The molecule has 0 aliphatic heterocycles. The Morgan fingerprint density at radius 1 is 1.30 bits per heavy atom. The molecule has 6 nitrogen and oxygen atoms in total. The molecule has 1 aromatic carbocycles. The second-order valence-corrected chi connectivity index (χ2v) is 4.71. The lowest BCUT2D eigenvalue weighted by molar-refractivity contribution is 0.301. The predicted molar refractivity (Wildman–Crippen MR) is 82.1 cm³/mol. The third kappa shape index (κ3) is 2.99. The van der Waals surface area contributed by atoms with E-state index in [1.165, 1.54) is 12.1 Å². The van der Waals surface area contributed by atoms with Crippen molar-refractivity contribution in [3.8, 4) is 29.0 Å². The number of rotatable bonds is 4. The van der Waals surface area contributed by atoms with Crippen LogP contribution < -0.4 is 16.0 Å². The zero-order valence-electron chi connectivity index (χ0n) is 12.3. The van der Waals surface area contributed by atoms with Gasteiger partial charge in [-0.25, -0.2) is 4.39 Å². The van der Waals surface area contributed by atoms with Crippen LogP contribution in [-0.4, -0.2) is 11.6 Å². The predicted octanol–water partition coefficient (Wildman–Crippen LogP) is 2.30. The topological polar surface area (TPSA) is 116 Å². The minimum Gasteiger partial charge on any atom is -0.491 e. The average molecular weight is 312 g/mol. The number of aromatic nitrogens is 1. The fourth-order valence-electron chi connectivity index (χ4n) is 2.12. The lowest BCUT2D eigenvalue weighted by Crippen LogP contribution is -2.16. The van der Waals surface area contributed by atoms with Crippen molar-refractivity contribution in [2.24, 2.45) is 0 Å². The van der Waals surface area contributed by atoms with Gasteiger partial charge in [0.25, 0.3) is 5.56 Å². The molecule has 0 bridgehead atoms. The Morgan fingerprint density at radius 2 is 2.00 bits per heavy atom. The Balaban J connectivity index is 2.68. The van der Waals surface area contributed by atoms with Crippen LogP contribution in [0.25, 0.3) is 11.1 Å². The number of hydrogen-bond acceptors (Lipinski definition) is 5. The molecule has 116 valence electrons. The molecule has 0 saturated carbocycles. The van der Waals surface area contributed by atoms with Gasteiger partial charge in [-0.15, -0.1) is 0 Å². The summed E-state index contributed by atoms with van der Waals surface area (Å²) in [5.41, 5.74) is 4.73. The molecule has 1 aromatic heterocycles. The van der Waals surface area contributed by atoms with Gasteiger partial charge in [-0.05, 0) is 24.1 Å². The zero-order valence-corrected chi connectivity index (χ0v) is 12.3. The van der Waals surface area contributed by atoms with E-state index in [0.717, 1.165) is 12.5 Å². The van der Waals surface area contributed by atoms with E-state index in [9.17, 15) is 19.7 Å². The van der Waals surface area contributed by atoms with Gasteiger partial charge in [-0.2, -0.15) is 10.5 Å². The van der Waals surface area contributed by atoms with E-state index >= 15 is 0 Å². The SMILES string of the molecule is CCCOc1ccc(-c2c(C#N)c(N)[nH]c(=O)c2C#N)cc1F. The quantitative estimate of drug-likeness (QED) is 0.898. The zero-order chi connectivity index (χ0) is 17.0. The number of nitrogens with two attached hydrogens (primary N) is 1. The van der Waals surface area contributed by atoms with Crippen molar-refractivity contribution >= 4 is 5.82 Å². The van der Waals surface area contributed by atoms with Gasteiger partial charge in [-0.3, -0.25) is 4.79 Å². The number of anilines is 1. The Labute approximate surface area is 131 Å². The van der Waals surface area contributed by atoms with Crippen LogP contribution in [0.3, 0.4) is 0 Å². The van der Waals surface area contributed by atoms with Crippen LogP contribution in [0.5, 0.6) is 5.75 Å². The number of ether oxygens (including phenoxy) is 1. The molecule has 0 unspecified atom stereocenters. The van der Waals surface area contributed by atoms with Gasteiger partial charge in [0.15, 0.2) is 11.6 Å². The number of nitrogen functional groups attached to an aromatic ring is 1. The van der Waals surface area contributed by atoms with Crippen LogP contribution in [0.15, 0.2) is 23.0 Å². The third-order valence-electron chi connectivity index (χ3n) is 3.15. The summed E-state index contributed by atoms with van der Waals surface area (Å²) in [5.74, 6) is -0.758. The van der Waals surface area contributed by atoms with E-state index in [2.05, 4.69) is 4.98 Å². The highest BCUT2D eigenvalue weighted by Crippen LogP contribution is 2.31. The molecule has 7 heteroatoms. The first kappa shape index (κ1) is 16.1. The molecule has 0 fully saturated rings. The van der Waals surface area contributed by atoms with Crippen molar-refractivity contribution in [3.63, 3.8) is 0 Å². The maximum atomic E-state index is 14.1. The number of aromatic amines is 1. The second-order valence-electron chi connectivity index (χ2n) is 4.71. The van der Waals surface area contributed by atoms with Gasteiger partial charge in [0.1, 0.15) is 29.1 Å². The monoisotopic (exact) mass is 312 g/mol. The van der Waals surface area contributed by atoms with Gasteiger partial charge in [0.2, 0.25) is 0 Å². The smallest absolute Gasteiger partial charge is 0.268 e. The Morgan fingerprint density at radius 3 is 2.57 bits per heavy atom. The first-order valence-electron chi connectivity index (χ1n) is 6.82. The number of H-pyrrole nitrogens is 1. The Bertz CT molecular complexity index is 891. The van der Waals surface area contributed by atoms with Crippen molar-refractivity contribution in [3.05, 3.63) is 45.5 Å². The Kier molecular flexibility index (Phi) is 4.63. The Hall–Kier alpha value is -3.32. The standard InChI is InChI=1S/C16H13FN4O2/c1-2-5-23-13-4-3-9(6-12(13)17)14-10(7-18)15(20)21-16(22)11(14)8-19/h3-4,6H,2,5H2,1H3,(H3,20,21,22). The number of nitrogens with zero attached hydrogens (tertiary/aromatic N) is 2. The number of nitrogens with one attached hydrogen (secondary N) is 1. The number of benzene rings is 1. The molecule has 0 amide bonds. The first-order chi connectivity index (χ1) is 11.0. The summed E-state index contributed by atoms with van der Waals surface area (Å²) in [7, 11) is 0. The summed E-state index contributed by atoms with van der Waals surface area (Å²) in [6.07, 6.45) is 0.725. The molecule has 2 rings (SSSR count). The van der Waals surface area contributed by atoms with Crippen molar-refractivity contribution in [1.29, 1.82) is 10.5 Å². The van der Waals surface area contributed by atoms with Crippen molar-refractivity contribution in [2.75, 3.05) is 12.3 Å². The van der Waals surface area contributed by atoms with Crippen LogP contribution >= 0.6 is 0 Å². The fourth-order valence-corrected chi connectivity index (χ4v) is 2.12. The third-order valence-corrected chi connectivity index (χ3v) is 3.15. The van der Waals surface area contributed by atoms with Crippen LogP contribution in [0.4, 0.5) is 10.2 Å². The summed E-state index contributed by atoms with van der Waals surface area (Å²) in [6.45, 7) is 2.25. The van der Waals surface area contributed by atoms with Gasteiger partial charge >= 0.3 is 0 Å². The average Bonchev–Trinajstić information content (AvgIpc) is 2.53. The fraction of sp³-hybridized carbons (Fsp3) is 0.188. The van der Waals surface area contributed by atoms with E-state index in [0.29, 0.717) is 6.61 Å². The number of halogens is 1. The van der Waals surface area contributed by atoms with Gasteiger partial charge in [0, 0.05) is 5.56 Å². The number of hydrogen-bond donors (Lipinski definition) is 2. The van der Waals surface area contributed by atoms with Crippen LogP contribution in [0, 0.1) is 28.5 Å². The second kappa shape index (κ2) is 6.63. The molecule has 0 spiro atoms. The highest BCUT2D eigenvalue weighted by molar-refractivity contribution is 5.80. The normalized spacial score (nSPS) is 9.91. The van der Waals surface area contributed by atoms with Crippen LogP contribution in [0.1, 0.15) is 24.5 Å². The molecule has 0 aliphatic rings. The summed E-state index contributed by atoms with van der Waals surface area (Å²) in [5, 5.41) is 18.4. The first-order valence-corrected chi connectivity index (χ1v) is 6.82. The van der Waals surface area contributed by atoms with Crippen LogP contribution in [-0.2, 0) is 0 Å². The minimum atomic E-state index is -0.731. The molecule has 0 saturated heterocycles. The van der Waals surface area contributed by atoms with E-state index in [-0.39, 0.29) is 33.8 Å². The van der Waals surface area contributed by atoms with Gasteiger partial charge in [-0.1, -0.05) is 13.0 Å². The maximum Gasteiger partial charge on any atom is 0.268 e. The van der Waals surface area contributed by atoms with E-state index in [1.54, 1.807) is 6.07 Å². The molecule has 23 heavy (non-hydrogen) atoms. The van der Waals surface area contributed by atoms with Crippen molar-refractivity contribution in [2.45, 2.75) is 13.3 Å². The maximum absolute atomic E-state index is 14.1. The van der Waals surface area contributed by atoms with Crippen molar-refractivity contribution in [1.82, 2.24) is 4.98 Å². The van der Waals surface area contributed by atoms with E-state index < -0.39 is 11.4 Å². The van der Waals surface area contributed by atoms with Crippen molar-refractivity contribution < 1.29 is 9.13 Å². The number of nitriles is 2. The lowest BCUT2D eigenvalue weighted by Gasteiger charge is -2.11. The summed E-state index contributed by atoms with van der Waals surface area (Å²) in [4.78, 5) is 14.1. The molecule has 2 aromatic rings. The highest BCUT2D eigenvalue weighted by Gasteiger charge is 2.19. The summed E-state index contributed by atoms with van der Waals surface area (Å²) in [6, 6.07) is 7.54. The summed E-state index contributed by atoms with van der Waals surface area (Å²) < 4.78 is 19.4.